The minimum absolute atomic E-state index is 0.125. The number of carbonyl (C=O) groups is 2. The zero-order valence-electron chi connectivity index (χ0n) is 10.4. The highest BCUT2D eigenvalue weighted by molar-refractivity contribution is 7.99. The molecule has 1 amide bonds. The first kappa shape index (κ1) is 14.3. The average Bonchev–Trinajstić information content (AvgIpc) is 2.88. The number of benzene rings is 1. The standard InChI is InChI=1S/C12H12N2O5S/c15-11(13-7-20-6-10(13)12(16)17)5-8-3-1-2-4-9(8)14(18)19/h1-4,10H,5-7H2,(H,16,17). The quantitative estimate of drug-likeness (QED) is 0.660. The lowest BCUT2D eigenvalue weighted by molar-refractivity contribution is -0.385. The molecule has 0 aliphatic carbocycles. The fourth-order valence-electron chi connectivity index (χ4n) is 2.00. The second-order valence-corrected chi connectivity index (χ2v) is 5.28. The summed E-state index contributed by atoms with van der Waals surface area (Å²) in [4.78, 5) is 34.7. The topological polar surface area (TPSA) is 101 Å². The van der Waals surface area contributed by atoms with Crippen molar-refractivity contribution < 1.29 is 19.6 Å². The van der Waals surface area contributed by atoms with Gasteiger partial charge < -0.3 is 10.0 Å². The summed E-state index contributed by atoms with van der Waals surface area (Å²) < 4.78 is 0. The van der Waals surface area contributed by atoms with Gasteiger partial charge in [0.25, 0.3) is 5.69 Å². The van der Waals surface area contributed by atoms with Gasteiger partial charge in [0, 0.05) is 17.4 Å². The zero-order valence-corrected chi connectivity index (χ0v) is 11.2. The van der Waals surface area contributed by atoms with Crippen LogP contribution in [0.2, 0.25) is 0 Å². The second kappa shape index (κ2) is 5.91. The monoisotopic (exact) mass is 296 g/mol. The van der Waals surface area contributed by atoms with Crippen LogP contribution in [0.5, 0.6) is 0 Å². The lowest BCUT2D eigenvalue weighted by Crippen LogP contribution is -2.42. The van der Waals surface area contributed by atoms with Crippen molar-refractivity contribution in [1.82, 2.24) is 4.90 Å². The van der Waals surface area contributed by atoms with E-state index in [4.69, 9.17) is 5.11 Å². The second-order valence-electron chi connectivity index (χ2n) is 4.28. The van der Waals surface area contributed by atoms with Crippen LogP contribution in [0.4, 0.5) is 5.69 Å². The van der Waals surface area contributed by atoms with Crippen molar-refractivity contribution in [2.75, 3.05) is 11.6 Å². The van der Waals surface area contributed by atoms with Gasteiger partial charge in [-0.3, -0.25) is 14.9 Å². The SMILES string of the molecule is O=C(O)C1CSCN1C(=O)Cc1ccccc1[N+](=O)[O-]. The summed E-state index contributed by atoms with van der Waals surface area (Å²) in [6.07, 6.45) is -0.165. The molecule has 0 aromatic heterocycles. The Morgan fingerprint density at radius 2 is 2.15 bits per heavy atom. The van der Waals surface area contributed by atoms with Crippen LogP contribution in [0.15, 0.2) is 24.3 Å². The number of aliphatic carboxylic acids is 1. The lowest BCUT2D eigenvalue weighted by atomic mass is 10.1. The van der Waals surface area contributed by atoms with E-state index in [0.29, 0.717) is 17.2 Å². The predicted octanol–water partition coefficient (Wildman–Crippen LogP) is 1.12. The summed E-state index contributed by atoms with van der Waals surface area (Å²) in [5.74, 6) is -0.809. The first-order chi connectivity index (χ1) is 9.50. The van der Waals surface area contributed by atoms with Gasteiger partial charge in [-0.2, -0.15) is 0 Å². The van der Waals surface area contributed by atoms with Gasteiger partial charge in [-0.15, -0.1) is 11.8 Å². The average molecular weight is 296 g/mol. The maximum absolute atomic E-state index is 12.1. The smallest absolute Gasteiger partial charge is 0.327 e. The molecule has 1 atom stereocenters. The summed E-state index contributed by atoms with van der Waals surface area (Å²) in [6, 6.07) is 5.13. The Morgan fingerprint density at radius 1 is 1.45 bits per heavy atom. The lowest BCUT2D eigenvalue weighted by Gasteiger charge is -2.20. The van der Waals surface area contributed by atoms with E-state index in [0.717, 1.165) is 0 Å². The third-order valence-electron chi connectivity index (χ3n) is 3.02. The van der Waals surface area contributed by atoms with Crippen molar-refractivity contribution in [2.24, 2.45) is 0 Å². The number of nitrogens with zero attached hydrogens (tertiary/aromatic N) is 2. The molecule has 0 saturated carbocycles. The summed E-state index contributed by atoms with van der Waals surface area (Å²) in [6.45, 7) is 0. The molecule has 20 heavy (non-hydrogen) atoms. The molecule has 2 rings (SSSR count). The molecule has 1 saturated heterocycles. The molecule has 1 aromatic rings. The first-order valence-corrected chi connectivity index (χ1v) is 6.98. The van der Waals surface area contributed by atoms with Crippen LogP contribution in [0.3, 0.4) is 0 Å². The minimum atomic E-state index is -1.05. The van der Waals surface area contributed by atoms with E-state index in [2.05, 4.69) is 0 Å². The highest BCUT2D eigenvalue weighted by Gasteiger charge is 2.34. The summed E-state index contributed by atoms with van der Waals surface area (Å²) >= 11 is 1.36. The Kier molecular flexibility index (Phi) is 4.23. The van der Waals surface area contributed by atoms with Crippen molar-refractivity contribution in [2.45, 2.75) is 12.5 Å². The zero-order chi connectivity index (χ0) is 14.7. The Labute approximate surface area is 118 Å². The number of carbonyl (C=O) groups excluding carboxylic acids is 1. The third kappa shape index (κ3) is 2.90. The van der Waals surface area contributed by atoms with Crippen molar-refractivity contribution >= 4 is 29.3 Å². The van der Waals surface area contributed by atoms with E-state index in [-0.39, 0.29) is 12.1 Å². The van der Waals surface area contributed by atoms with Crippen LogP contribution < -0.4 is 0 Å². The van der Waals surface area contributed by atoms with E-state index < -0.39 is 22.8 Å². The highest BCUT2D eigenvalue weighted by Crippen LogP contribution is 2.24. The number of nitro groups is 1. The molecule has 0 radical (unpaired) electrons. The number of carboxylic acids is 1. The number of carboxylic acid groups (broad SMARTS) is 1. The molecular weight excluding hydrogens is 284 g/mol. The Hall–Kier alpha value is -2.09. The van der Waals surface area contributed by atoms with Crippen molar-refractivity contribution in [3.8, 4) is 0 Å². The van der Waals surface area contributed by atoms with Crippen molar-refractivity contribution in [1.29, 1.82) is 0 Å². The molecule has 0 spiro atoms. The van der Waals surface area contributed by atoms with Gasteiger partial charge >= 0.3 is 5.97 Å². The van der Waals surface area contributed by atoms with Crippen LogP contribution in [0.1, 0.15) is 5.56 Å². The molecular formula is C12H12N2O5S. The van der Waals surface area contributed by atoms with Crippen LogP contribution in [-0.4, -0.2) is 44.5 Å². The van der Waals surface area contributed by atoms with Crippen molar-refractivity contribution in [3.05, 3.63) is 39.9 Å². The maximum atomic E-state index is 12.1. The number of hydrogen-bond acceptors (Lipinski definition) is 5. The Morgan fingerprint density at radius 3 is 2.80 bits per heavy atom. The number of rotatable bonds is 4. The van der Waals surface area contributed by atoms with Gasteiger partial charge in [-0.05, 0) is 0 Å². The number of amides is 1. The minimum Gasteiger partial charge on any atom is -0.480 e. The van der Waals surface area contributed by atoms with Crippen LogP contribution in [0, 0.1) is 10.1 Å². The fourth-order valence-corrected chi connectivity index (χ4v) is 3.17. The molecule has 8 heteroatoms. The molecule has 1 fully saturated rings. The largest absolute Gasteiger partial charge is 0.480 e. The normalized spacial score (nSPS) is 18.0. The molecule has 1 heterocycles. The molecule has 106 valence electrons. The molecule has 1 N–H and O–H groups in total. The molecule has 1 unspecified atom stereocenters. The number of thioether (sulfide) groups is 1. The highest BCUT2D eigenvalue weighted by atomic mass is 32.2. The molecule has 0 bridgehead atoms. The van der Waals surface area contributed by atoms with E-state index in [1.807, 2.05) is 0 Å². The maximum Gasteiger partial charge on any atom is 0.327 e. The number of nitro benzene ring substituents is 1. The van der Waals surface area contributed by atoms with E-state index in [1.165, 1.54) is 34.9 Å². The van der Waals surface area contributed by atoms with Gasteiger partial charge in [0.2, 0.25) is 5.91 Å². The number of hydrogen-bond donors (Lipinski definition) is 1. The molecule has 1 aliphatic rings. The molecule has 7 nitrogen and oxygen atoms in total. The van der Waals surface area contributed by atoms with E-state index in [9.17, 15) is 19.7 Å². The van der Waals surface area contributed by atoms with Gasteiger partial charge in [0.15, 0.2) is 0 Å². The van der Waals surface area contributed by atoms with Crippen LogP contribution in [-0.2, 0) is 16.0 Å². The third-order valence-corrected chi connectivity index (χ3v) is 4.03. The van der Waals surface area contributed by atoms with Crippen LogP contribution >= 0.6 is 11.8 Å². The molecule has 1 aliphatic heterocycles. The Balaban J connectivity index is 2.16. The van der Waals surface area contributed by atoms with E-state index in [1.54, 1.807) is 6.07 Å². The predicted molar refractivity (Wildman–Crippen MR) is 72.4 cm³/mol. The van der Waals surface area contributed by atoms with Gasteiger partial charge in [0.1, 0.15) is 6.04 Å². The van der Waals surface area contributed by atoms with Gasteiger partial charge in [-0.25, -0.2) is 4.79 Å². The molecule has 1 aromatic carbocycles. The summed E-state index contributed by atoms with van der Waals surface area (Å²) in [5.41, 5.74) is 0.170. The van der Waals surface area contributed by atoms with Gasteiger partial charge in [-0.1, -0.05) is 18.2 Å². The summed E-state index contributed by atoms with van der Waals surface area (Å²) in [7, 11) is 0. The fraction of sp³-hybridized carbons (Fsp3) is 0.333. The van der Waals surface area contributed by atoms with Gasteiger partial charge in [0.05, 0.1) is 17.2 Å². The Bertz CT molecular complexity index is 563. The van der Waals surface area contributed by atoms with E-state index >= 15 is 0 Å². The first-order valence-electron chi connectivity index (χ1n) is 5.83. The number of para-hydroxylation sites is 1. The summed E-state index contributed by atoms with van der Waals surface area (Å²) in [5, 5.41) is 19.9. The van der Waals surface area contributed by atoms with Crippen molar-refractivity contribution in [3.63, 3.8) is 0 Å². The van der Waals surface area contributed by atoms with Crippen LogP contribution in [0.25, 0.3) is 0 Å².